The average molecular weight is 441 g/mol. The summed E-state index contributed by atoms with van der Waals surface area (Å²) in [7, 11) is 0. The molecule has 1 aliphatic heterocycles. The van der Waals surface area contributed by atoms with Gasteiger partial charge in [-0.2, -0.15) is 0 Å². The largest absolute Gasteiger partial charge is 0.490 e. The zero-order chi connectivity index (χ0) is 22.8. The number of fused-ring (bicyclic) bond motifs is 1. The van der Waals surface area contributed by atoms with E-state index in [0.29, 0.717) is 49.2 Å². The quantitative estimate of drug-likeness (QED) is 0.423. The second-order valence-corrected chi connectivity index (χ2v) is 6.80. The number of benzene rings is 2. The zero-order valence-corrected chi connectivity index (χ0v) is 18.2. The van der Waals surface area contributed by atoms with Crippen LogP contribution in [0.3, 0.4) is 0 Å². The lowest BCUT2D eigenvalue weighted by atomic mass is 10.1. The summed E-state index contributed by atoms with van der Waals surface area (Å²) in [6, 6.07) is 11.0. The number of carbonyl (C=O) groups excluding carboxylic acids is 2. The van der Waals surface area contributed by atoms with E-state index in [1.165, 1.54) is 6.08 Å². The number of esters is 1. The molecule has 8 nitrogen and oxygen atoms in total. The number of amides is 1. The van der Waals surface area contributed by atoms with Gasteiger partial charge >= 0.3 is 5.97 Å². The monoisotopic (exact) mass is 441 g/mol. The summed E-state index contributed by atoms with van der Waals surface area (Å²) < 4.78 is 26.7. The first-order chi connectivity index (χ1) is 15.6. The third kappa shape index (κ3) is 6.66. The summed E-state index contributed by atoms with van der Waals surface area (Å²) in [5.74, 6) is 1.70. The summed E-state index contributed by atoms with van der Waals surface area (Å²) in [5, 5.41) is 2.74. The molecule has 0 saturated heterocycles. The molecule has 0 unspecified atom stereocenters. The van der Waals surface area contributed by atoms with Gasteiger partial charge in [-0.05, 0) is 61.7 Å². The lowest BCUT2D eigenvalue weighted by Gasteiger charge is -2.12. The number of nitrogens with one attached hydrogen (secondary N) is 1. The van der Waals surface area contributed by atoms with E-state index >= 15 is 0 Å². The van der Waals surface area contributed by atoms with Crippen molar-refractivity contribution in [3.05, 3.63) is 53.6 Å². The molecular formula is C24H27NO7. The third-order valence-electron chi connectivity index (χ3n) is 4.50. The number of rotatable bonds is 11. The Balaban J connectivity index is 1.39. The van der Waals surface area contributed by atoms with E-state index < -0.39 is 5.97 Å². The van der Waals surface area contributed by atoms with Crippen molar-refractivity contribution >= 4 is 18.0 Å². The minimum Gasteiger partial charge on any atom is -0.490 e. The highest BCUT2D eigenvalue weighted by Gasteiger charge is 2.12. The van der Waals surface area contributed by atoms with Crippen molar-refractivity contribution in [2.75, 3.05) is 33.2 Å². The van der Waals surface area contributed by atoms with Gasteiger partial charge in [0.15, 0.2) is 29.6 Å². The van der Waals surface area contributed by atoms with Crippen LogP contribution in [-0.4, -0.2) is 45.0 Å². The Hall–Kier alpha value is -3.68. The van der Waals surface area contributed by atoms with Crippen LogP contribution in [0.4, 0.5) is 0 Å². The molecule has 1 N–H and O–H groups in total. The summed E-state index contributed by atoms with van der Waals surface area (Å²) in [6.45, 7) is 5.16. The van der Waals surface area contributed by atoms with E-state index in [0.717, 1.165) is 11.1 Å². The van der Waals surface area contributed by atoms with Gasteiger partial charge in [0.2, 0.25) is 6.79 Å². The van der Waals surface area contributed by atoms with Gasteiger partial charge in [0.05, 0.1) is 13.2 Å². The van der Waals surface area contributed by atoms with Gasteiger partial charge < -0.3 is 29.0 Å². The second-order valence-electron chi connectivity index (χ2n) is 6.80. The third-order valence-corrected chi connectivity index (χ3v) is 4.50. The molecule has 1 aliphatic rings. The van der Waals surface area contributed by atoms with Crippen LogP contribution >= 0.6 is 0 Å². The fraction of sp³-hybridized carbons (Fsp3) is 0.333. The van der Waals surface area contributed by atoms with Crippen molar-refractivity contribution in [3.63, 3.8) is 0 Å². The first kappa shape index (κ1) is 23.0. The smallest absolute Gasteiger partial charge is 0.331 e. The summed E-state index contributed by atoms with van der Waals surface area (Å²) in [5.41, 5.74) is 1.76. The molecule has 2 aromatic carbocycles. The van der Waals surface area contributed by atoms with Crippen molar-refractivity contribution in [1.82, 2.24) is 5.32 Å². The highest BCUT2D eigenvalue weighted by Crippen LogP contribution is 2.32. The van der Waals surface area contributed by atoms with Crippen LogP contribution in [0.5, 0.6) is 23.0 Å². The summed E-state index contributed by atoms with van der Waals surface area (Å²) >= 11 is 0. The Labute approximate surface area is 187 Å². The SMILES string of the molecule is CCOc1ccc(CCNC(=O)COC(=O)C=Cc2ccc3c(c2)OCO3)cc1OCC. The summed E-state index contributed by atoms with van der Waals surface area (Å²) in [6.07, 6.45) is 3.46. The maximum Gasteiger partial charge on any atom is 0.331 e. The number of hydrogen-bond donors (Lipinski definition) is 1. The predicted molar refractivity (Wildman–Crippen MR) is 118 cm³/mol. The van der Waals surface area contributed by atoms with Gasteiger partial charge in [-0.1, -0.05) is 12.1 Å². The highest BCUT2D eigenvalue weighted by molar-refractivity contribution is 5.89. The lowest BCUT2D eigenvalue weighted by Crippen LogP contribution is -2.30. The Bertz CT molecular complexity index is 971. The van der Waals surface area contributed by atoms with Crippen molar-refractivity contribution in [3.8, 4) is 23.0 Å². The molecule has 0 aliphatic carbocycles. The fourth-order valence-electron chi connectivity index (χ4n) is 3.01. The van der Waals surface area contributed by atoms with Crippen molar-refractivity contribution < 1.29 is 33.3 Å². The van der Waals surface area contributed by atoms with Crippen LogP contribution < -0.4 is 24.3 Å². The molecule has 2 aromatic rings. The molecule has 0 bridgehead atoms. The molecule has 1 heterocycles. The number of ether oxygens (including phenoxy) is 5. The topological polar surface area (TPSA) is 92.3 Å². The average Bonchev–Trinajstić information content (AvgIpc) is 3.26. The van der Waals surface area contributed by atoms with Crippen LogP contribution in [0.15, 0.2) is 42.5 Å². The normalized spacial score (nSPS) is 11.9. The first-order valence-electron chi connectivity index (χ1n) is 10.5. The second kappa shape index (κ2) is 11.6. The van der Waals surface area contributed by atoms with Gasteiger partial charge in [-0.15, -0.1) is 0 Å². The van der Waals surface area contributed by atoms with Gasteiger partial charge in [0.25, 0.3) is 5.91 Å². The molecule has 0 fully saturated rings. The highest BCUT2D eigenvalue weighted by atomic mass is 16.7. The Kier molecular flexibility index (Phi) is 8.36. The minimum atomic E-state index is -0.606. The maximum absolute atomic E-state index is 12.0. The maximum atomic E-state index is 12.0. The molecule has 0 atom stereocenters. The van der Waals surface area contributed by atoms with Crippen LogP contribution in [0.25, 0.3) is 6.08 Å². The fourth-order valence-corrected chi connectivity index (χ4v) is 3.01. The zero-order valence-electron chi connectivity index (χ0n) is 18.2. The van der Waals surface area contributed by atoms with Crippen molar-refractivity contribution in [2.24, 2.45) is 0 Å². The molecule has 8 heteroatoms. The molecule has 3 rings (SSSR count). The van der Waals surface area contributed by atoms with Gasteiger partial charge in [0, 0.05) is 12.6 Å². The molecular weight excluding hydrogens is 414 g/mol. The standard InChI is InChI=1S/C24H27NO7/c1-3-28-19-8-6-18(14-21(19)29-4-2)11-12-25-23(26)15-30-24(27)10-7-17-5-9-20-22(13-17)32-16-31-20/h5-10,13-14H,3-4,11-12,15-16H2,1-2H3,(H,25,26). The molecule has 32 heavy (non-hydrogen) atoms. The molecule has 0 saturated carbocycles. The van der Waals surface area contributed by atoms with E-state index in [1.54, 1.807) is 24.3 Å². The first-order valence-corrected chi connectivity index (χ1v) is 10.5. The molecule has 1 amide bonds. The van der Waals surface area contributed by atoms with E-state index in [2.05, 4.69) is 5.32 Å². The van der Waals surface area contributed by atoms with Crippen molar-refractivity contribution in [2.45, 2.75) is 20.3 Å². The Morgan fingerprint density at radius 3 is 2.59 bits per heavy atom. The number of carbonyl (C=O) groups is 2. The predicted octanol–water partition coefficient (Wildman–Crippen LogP) is 3.13. The van der Waals surface area contributed by atoms with Crippen molar-refractivity contribution in [1.29, 1.82) is 0 Å². The van der Waals surface area contributed by atoms with Crippen LogP contribution in [0, 0.1) is 0 Å². The Morgan fingerprint density at radius 2 is 1.78 bits per heavy atom. The molecule has 170 valence electrons. The Morgan fingerprint density at radius 1 is 1.00 bits per heavy atom. The molecule has 0 radical (unpaired) electrons. The van der Waals surface area contributed by atoms with E-state index in [1.807, 2.05) is 32.0 Å². The van der Waals surface area contributed by atoms with Crippen LogP contribution in [0.2, 0.25) is 0 Å². The van der Waals surface area contributed by atoms with E-state index in [-0.39, 0.29) is 19.3 Å². The lowest BCUT2D eigenvalue weighted by molar-refractivity contribution is -0.143. The molecule has 0 spiro atoms. The minimum absolute atomic E-state index is 0.186. The van der Waals surface area contributed by atoms with Gasteiger partial charge in [-0.3, -0.25) is 4.79 Å². The summed E-state index contributed by atoms with van der Waals surface area (Å²) in [4.78, 5) is 23.8. The van der Waals surface area contributed by atoms with Crippen LogP contribution in [-0.2, 0) is 20.7 Å². The molecule has 0 aromatic heterocycles. The van der Waals surface area contributed by atoms with Gasteiger partial charge in [-0.25, -0.2) is 4.79 Å². The van der Waals surface area contributed by atoms with Gasteiger partial charge in [0.1, 0.15) is 0 Å². The number of hydrogen-bond acceptors (Lipinski definition) is 7. The van der Waals surface area contributed by atoms with E-state index in [4.69, 9.17) is 23.7 Å². The van der Waals surface area contributed by atoms with Crippen LogP contribution in [0.1, 0.15) is 25.0 Å². The van der Waals surface area contributed by atoms with E-state index in [9.17, 15) is 9.59 Å².